The van der Waals surface area contributed by atoms with Gasteiger partial charge >= 0.3 is 0 Å². The van der Waals surface area contributed by atoms with Crippen LogP contribution >= 0.6 is 0 Å². The van der Waals surface area contributed by atoms with E-state index in [-0.39, 0.29) is 23.0 Å². The lowest BCUT2D eigenvalue weighted by molar-refractivity contribution is 0.197. The van der Waals surface area contributed by atoms with Gasteiger partial charge in [-0.3, -0.25) is 14.3 Å². The normalized spacial score (nSPS) is 12.1. The molecule has 1 atom stereocenters. The molecule has 13 heteroatoms. The summed E-state index contributed by atoms with van der Waals surface area (Å²) in [5, 5.41) is 27.6. The first kappa shape index (κ1) is 24.7. The molecule has 0 amide bonds. The van der Waals surface area contributed by atoms with E-state index in [4.69, 9.17) is 19.2 Å². The lowest BCUT2D eigenvalue weighted by Gasteiger charge is -2.17. The fraction of sp³-hybridized carbons (Fsp3) is 0.217. The number of hydrogen-bond acceptors (Lipinski definition) is 10. The van der Waals surface area contributed by atoms with Crippen LogP contribution in [0.15, 0.2) is 53.1 Å². The predicted molar refractivity (Wildman–Crippen MR) is 128 cm³/mol. The summed E-state index contributed by atoms with van der Waals surface area (Å²) in [5.74, 6) is 0.963. The summed E-state index contributed by atoms with van der Waals surface area (Å²) >= 11 is 0. The Morgan fingerprint density at radius 3 is 2.42 bits per heavy atom. The highest BCUT2D eigenvalue weighted by atomic mass is 32.2. The predicted octanol–water partition coefficient (Wildman–Crippen LogP) is 2.59. The standard InChI is InChI=1S/C23H22N6O6S/c1-14-7-10-20(35-14)22-26-27-23(29(22)21-18(33-2)5-4-6-19(21)34-3)28-36(31,32)13-17(30)16-9-8-15(11-24)12-25-16/h4-10,12,17,30H,13H2,1-3H3,(H,27,28)/t17-/m1/s1. The molecule has 0 aliphatic rings. The summed E-state index contributed by atoms with van der Waals surface area (Å²) in [4.78, 5) is 3.95. The number of rotatable bonds is 9. The van der Waals surface area contributed by atoms with Crippen LogP contribution in [0.25, 0.3) is 17.3 Å². The van der Waals surface area contributed by atoms with E-state index in [1.165, 1.54) is 37.1 Å². The molecule has 4 aromatic rings. The van der Waals surface area contributed by atoms with Crippen LogP contribution in [-0.4, -0.2) is 53.2 Å². The Labute approximate surface area is 206 Å². The number of ether oxygens (including phenoxy) is 2. The van der Waals surface area contributed by atoms with Crippen LogP contribution in [0.5, 0.6) is 11.5 Å². The molecule has 0 aliphatic heterocycles. The maximum atomic E-state index is 13.0. The van der Waals surface area contributed by atoms with Crippen LogP contribution in [0, 0.1) is 18.3 Å². The van der Waals surface area contributed by atoms with Crippen molar-refractivity contribution >= 4 is 16.0 Å². The third-order valence-corrected chi connectivity index (χ3v) is 6.38. The number of pyridine rings is 1. The van der Waals surface area contributed by atoms with E-state index in [9.17, 15) is 13.5 Å². The molecule has 1 aromatic carbocycles. The van der Waals surface area contributed by atoms with Gasteiger partial charge in [0, 0.05) is 6.20 Å². The van der Waals surface area contributed by atoms with Crippen molar-refractivity contribution < 1.29 is 27.4 Å². The van der Waals surface area contributed by atoms with Gasteiger partial charge in [-0.05, 0) is 43.3 Å². The molecule has 12 nitrogen and oxygen atoms in total. The number of methoxy groups -OCH3 is 2. The number of aromatic nitrogens is 4. The van der Waals surface area contributed by atoms with Gasteiger partial charge in [0.15, 0.2) is 5.76 Å². The number of nitrogens with zero attached hydrogens (tertiary/aromatic N) is 5. The van der Waals surface area contributed by atoms with Crippen LogP contribution < -0.4 is 14.2 Å². The van der Waals surface area contributed by atoms with Gasteiger partial charge in [0.25, 0.3) is 0 Å². The number of anilines is 1. The third-order valence-electron chi connectivity index (χ3n) is 5.13. The topological polar surface area (TPSA) is 165 Å². The molecule has 0 saturated carbocycles. The third kappa shape index (κ3) is 4.99. The molecule has 0 fully saturated rings. The molecule has 4 rings (SSSR count). The smallest absolute Gasteiger partial charge is 0.243 e. The highest BCUT2D eigenvalue weighted by Gasteiger charge is 2.28. The van der Waals surface area contributed by atoms with Crippen LogP contribution in [0.1, 0.15) is 23.1 Å². The van der Waals surface area contributed by atoms with E-state index >= 15 is 0 Å². The van der Waals surface area contributed by atoms with Crippen molar-refractivity contribution in [3.8, 4) is 34.8 Å². The van der Waals surface area contributed by atoms with Crippen molar-refractivity contribution in [2.24, 2.45) is 0 Å². The minimum Gasteiger partial charge on any atom is -0.494 e. The van der Waals surface area contributed by atoms with E-state index in [1.807, 2.05) is 6.07 Å². The van der Waals surface area contributed by atoms with E-state index in [1.54, 1.807) is 37.3 Å². The molecule has 2 N–H and O–H groups in total. The molecule has 0 radical (unpaired) electrons. The minimum atomic E-state index is -4.17. The van der Waals surface area contributed by atoms with Gasteiger partial charge in [-0.2, -0.15) is 5.26 Å². The largest absolute Gasteiger partial charge is 0.494 e. The Morgan fingerprint density at radius 2 is 1.86 bits per heavy atom. The van der Waals surface area contributed by atoms with Gasteiger partial charge in [0.05, 0.1) is 25.5 Å². The number of para-hydroxylation sites is 1. The first-order valence-electron chi connectivity index (χ1n) is 10.5. The molecule has 0 saturated heterocycles. The molecular weight excluding hydrogens is 488 g/mol. The summed E-state index contributed by atoms with van der Waals surface area (Å²) in [6.45, 7) is 1.76. The maximum Gasteiger partial charge on any atom is 0.243 e. The quantitative estimate of drug-likeness (QED) is 0.342. The first-order chi connectivity index (χ1) is 17.3. The van der Waals surface area contributed by atoms with Crippen LogP contribution in [-0.2, 0) is 10.0 Å². The number of nitriles is 1. The van der Waals surface area contributed by atoms with Crippen molar-refractivity contribution in [1.29, 1.82) is 5.26 Å². The second-order valence-corrected chi connectivity index (χ2v) is 9.35. The van der Waals surface area contributed by atoms with Crippen LogP contribution in [0.2, 0.25) is 0 Å². The number of benzene rings is 1. The van der Waals surface area contributed by atoms with Gasteiger partial charge in [-0.15, -0.1) is 10.2 Å². The minimum absolute atomic E-state index is 0.0963. The number of aliphatic hydroxyl groups excluding tert-OH is 1. The van der Waals surface area contributed by atoms with Crippen molar-refractivity contribution in [3.63, 3.8) is 0 Å². The molecule has 0 aliphatic carbocycles. The number of aryl methyl sites for hydroxylation is 1. The van der Waals surface area contributed by atoms with Gasteiger partial charge < -0.3 is 19.0 Å². The molecule has 0 spiro atoms. The van der Waals surface area contributed by atoms with Crippen molar-refractivity contribution in [1.82, 2.24) is 19.7 Å². The van der Waals surface area contributed by atoms with Gasteiger partial charge in [0.1, 0.15) is 40.9 Å². The van der Waals surface area contributed by atoms with Crippen molar-refractivity contribution in [2.45, 2.75) is 13.0 Å². The highest BCUT2D eigenvalue weighted by Crippen LogP contribution is 2.38. The van der Waals surface area contributed by atoms with E-state index in [2.05, 4.69) is 19.9 Å². The second-order valence-electron chi connectivity index (χ2n) is 7.59. The number of hydrogen-bond donors (Lipinski definition) is 2. The lowest BCUT2D eigenvalue weighted by atomic mass is 10.2. The second kappa shape index (κ2) is 10.1. The lowest BCUT2D eigenvalue weighted by Crippen LogP contribution is -2.24. The fourth-order valence-corrected chi connectivity index (χ4v) is 4.55. The maximum absolute atomic E-state index is 13.0. The summed E-state index contributed by atoms with van der Waals surface area (Å²) in [6, 6.07) is 13.2. The Balaban J connectivity index is 1.76. The summed E-state index contributed by atoms with van der Waals surface area (Å²) in [7, 11) is -1.25. The Bertz CT molecular complexity index is 1500. The zero-order valence-electron chi connectivity index (χ0n) is 19.5. The van der Waals surface area contributed by atoms with E-state index < -0.39 is 21.9 Å². The fourth-order valence-electron chi connectivity index (χ4n) is 3.47. The number of nitrogens with one attached hydrogen (secondary N) is 1. The molecule has 186 valence electrons. The Morgan fingerprint density at radius 1 is 1.14 bits per heavy atom. The Kier molecular flexibility index (Phi) is 6.91. The zero-order valence-corrected chi connectivity index (χ0v) is 20.4. The molecule has 0 bridgehead atoms. The molecule has 0 unspecified atom stereocenters. The number of sulfonamides is 1. The van der Waals surface area contributed by atoms with Gasteiger partial charge in [-0.25, -0.2) is 8.42 Å². The SMILES string of the molecule is COc1cccc(OC)c1-n1c(NS(=O)(=O)C[C@@H](O)c2ccc(C#N)cn2)nnc1-c1ccc(C)o1. The summed E-state index contributed by atoms with van der Waals surface area (Å²) in [6.07, 6.45) is -0.208. The average molecular weight is 511 g/mol. The van der Waals surface area contributed by atoms with E-state index in [0.717, 1.165) is 0 Å². The summed E-state index contributed by atoms with van der Waals surface area (Å²) in [5.41, 5.74) is 0.717. The summed E-state index contributed by atoms with van der Waals surface area (Å²) < 4.78 is 46.5. The first-order valence-corrected chi connectivity index (χ1v) is 12.2. The highest BCUT2D eigenvalue weighted by molar-refractivity contribution is 7.92. The van der Waals surface area contributed by atoms with Crippen LogP contribution in [0.3, 0.4) is 0 Å². The van der Waals surface area contributed by atoms with E-state index in [0.29, 0.717) is 28.7 Å². The Hall–Kier alpha value is -4.41. The number of aliphatic hydroxyl groups is 1. The van der Waals surface area contributed by atoms with Crippen molar-refractivity contribution in [3.05, 3.63) is 65.7 Å². The van der Waals surface area contributed by atoms with Gasteiger partial charge in [0.2, 0.25) is 21.8 Å². The van der Waals surface area contributed by atoms with Gasteiger partial charge in [-0.1, -0.05) is 6.07 Å². The molecular formula is C23H22N6O6S. The monoisotopic (exact) mass is 510 g/mol. The van der Waals surface area contributed by atoms with Crippen LogP contribution in [0.4, 0.5) is 5.95 Å². The molecule has 3 heterocycles. The average Bonchev–Trinajstić information content (AvgIpc) is 3.48. The molecule has 36 heavy (non-hydrogen) atoms. The van der Waals surface area contributed by atoms with Crippen molar-refractivity contribution in [2.75, 3.05) is 24.7 Å². The molecule has 3 aromatic heterocycles. The zero-order chi connectivity index (χ0) is 25.9. The number of furan rings is 1.